The van der Waals surface area contributed by atoms with Crippen LogP contribution in [0.4, 0.5) is 0 Å². The molecule has 0 aliphatic rings. The van der Waals surface area contributed by atoms with Gasteiger partial charge in [-0.3, -0.25) is 13.8 Å². The summed E-state index contributed by atoms with van der Waals surface area (Å²) in [4.78, 5) is 18.7. The first-order chi connectivity index (χ1) is 15.3. The molecule has 0 aliphatic carbocycles. The molecule has 1 aromatic carbocycles. The predicted octanol–water partition coefficient (Wildman–Crippen LogP) is 5.24. The summed E-state index contributed by atoms with van der Waals surface area (Å²) in [5.41, 5.74) is 1.65. The number of fused-ring (bicyclic) bond motifs is 3. The van der Waals surface area contributed by atoms with Gasteiger partial charge in [-0.15, -0.1) is 21.5 Å². The van der Waals surface area contributed by atoms with Crippen molar-refractivity contribution < 1.29 is 4.42 Å². The monoisotopic (exact) mass is 451 g/mol. The lowest BCUT2D eigenvalue weighted by Gasteiger charge is -2.10. The molecule has 5 aromatic rings. The highest BCUT2D eigenvalue weighted by Crippen LogP contribution is 2.28. The van der Waals surface area contributed by atoms with Crippen LogP contribution in [0, 0.1) is 0 Å². The summed E-state index contributed by atoms with van der Waals surface area (Å²) < 4.78 is 9.35. The van der Waals surface area contributed by atoms with Gasteiger partial charge in [0.25, 0.3) is 5.56 Å². The molecule has 9 heteroatoms. The van der Waals surface area contributed by atoms with Crippen LogP contribution in [0.25, 0.3) is 27.4 Å². The zero-order chi connectivity index (χ0) is 21.2. The van der Waals surface area contributed by atoms with E-state index >= 15 is 0 Å². The SMILES string of the molecule is CCCCCn1c(=O)c2ccccc2n2c(SCc3coc(-c4cccs4)n3)nnc12. The van der Waals surface area contributed by atoms with E-state index in [1.165, 1.54) is 11.8 Å². The van der Waals surface area contributed by atoms with Crippen LogP contribution in [-0.2, 0) is 12.3 Å². The number of hydrogen-bond acceptors (Lipinski definition) is 7. The highest BCUT2D eigenvalue weighted by Gasteiger charge is 2.17. The Morgan fingerprint density at radius 2 is 2.03 bits per heavy atom. The van der Waals surface area contributed by atoms with Crippen molar-refractivity contribution in [3.63, 3.8) is 0 Å². The van der Waals surface area contributed by atoms with Crippen LogP contribution in [0.15, 0.2) is 62.4 Å². The van der Waals surface area contributed by atoms with Gasteiger partial charge in [-0.25, -0.2) is 4.98 Å². The summed E-state index contributed by atoms with van der Waals surface area (Å²) in [7, 11) is 0. The number of thiophene rings is 1. The lowest BCUT2D eigenvalue weighted by Crippen LogP contribution is -2.23. The highest BCUT2D eigenvalue weighted by molar-refractivity contribution is 7.98. The number of aryl methyl sites for hydroxylation is 1. The first kappa shape index (κ1) is 20.0. The number of unbranched alkanes of at least 4 members (excludes halogenated alkanes) is 2. The van der Waals surface area contributed by atoms with E-state index in [-0.39, 0.29) is 5.56 Å². The number of thioether (sulfide) groups is 1. The average molecular weight is 452 g/mol. The molecule has 0 radical (unpaired) electrons. The third kappa shape index (κ3) is 3.79. The lowest BCUT2D eigenvalue weighted by atomic mass is 10.2. The Labute approximate surface area is 186 Å². The van der Waals surface area contributed by atoms with E-state index in [0.29, 0.717) is 29.4 Å². The minimum atomic E-state index is -0.0137. The van der Waals surface area contributed by atoms with E-state index in [0.717, 1.165) is 40.5 Å². The predicted molar refractivity (Wildman–Crippen MR) is 124 cm³/mol. The van der Waals surface area contributed by atoms with Crippen molar-refractivity contribution in [3.8, 4) is 10.8 Å². The van der Waals surface area contributed by atoms with Crippen LogP contribution in [-0.4, -0.2) is 24.1 Å². The van der Waals surface area contributed by atoms with E-state index < -0.39 is 0 Å². The van der Waals surface area contributed by atoms with Gasteiger partial charge in [0.2, 0.25) is 11.7 Å². The Balaban J connectivity index is 1.50. The molecule has 0 fully saturated rings. The number of benzene rings is 1. The van der Waals surface area contributed by atoms with Gasteiger partial charge in [0.15, 0.2) is 5.16 Å². The van der Waals surface area contributed by atoms with Crippen molar-refractivity contribution in [1.29, 1.82) is 0 Å². The molecule has 0 aliphatic heterocycles. The van der Waals surface area contributed by atoms with Crippen LogP contribution in [0.5, 0.6) is 0 Å². The Morgan fingerprint density at radius 1 is 1.13 bits per heavy atom. The average Bonchev–Trinajstić information content (AvgIpc) is 3.55. The summed E-state index contributed by atoms with van der Waals surface area (Å²) >= 11 is 3.13. The molecule has 0 atom stereocenters. The van der Waals surface area contributed by atoms with E-state index in [1.807, 2.05) is 46.2 Å². The Kier molecular flexibility index (Phi) is 5.61. The fourth-order valence-corrected chi connectivity index (χ4v) is 5.05. The Hall–Kier alpha value is -2.91. The molecule has 0 N–H and O–H groups in total. The molecule has 31 heavy (non-hydrogen) atoms. The Bertz CT molecular complexity index is 1380. The molecule has 0 bridgehead atoms. The molecule has 4 aromatic heterocycles. The first-order valence-corrected chi connectivity index (χ1v) is 12.1. The maximum atomic E-state index is 13.1. The fourth-order valence-electron chi connectivity index (χ4n) is 3.57. The minimum absolute atomic E-state index is 0.0137. The van der Waals surface area contributed by atoms with E-state index in [4.69, 9.17) is 4.42 Å². The van der Waals surface area contributed by atoms with Gasteiger partial charge in [-0.1, -0.05) is 49.7 Å². The summed E-state index contributed by atoms with van der Waals surface area (Å²) in [6, 6.07) is 11.6. The number of hydrogen-bond donors (Lipinski definition) is 0. The molecular formula is C22H21N5O2S2. The van der Waals surface area contributed by atoms with Gasteiger partial charge in [0, 0.05) is 12.3 Å². The summed E-state index contributed by atoms with van der Waals surface area (Å²) in [6.45, 7) is 2.79. The number of oxazole rings is 1. The molecule has 5 rings (SSSR count). The van der Waals surface area contributed by atoms with Gasteiger partial charge >= 0.3 is 0 Å². The van der Waals surface area contributed by atoms with Crippen molar-refractivity contribution in [3.05, 3.63) is 64.1 Å². The molecule has 0 unspecified atom stereocenters. The maximum absolute atomic E-state index is 13.1. The van der Waals surface area contributed by atoms with Gasteiger partial charge in [0.1, 0.15) is 6.26 Å². The molecule has 0 saturated carbocycles. The second kappa shape index (κ2) is 8.68. The van der Waals surface area contributed by atoms with Crippen molar-refractivity contribution in [2.24, 2.45) is 0 Å². The molecule has 0 spiro atoms. The van der Waals surface area contributed by atoms with Gasteiger partial charge in [-0.05, 0) is 30.0 Å². The van der Waals surface area contributed by atoms with Crippen LogP contribution in [0.2, 0.25) is 0 Å². The zero-order valence-electron chi connectivity index (χ0n) is 17.0. The second-order valence-electron chi connectivity index (χ2n) is 7.21. The van der Waals surface area contributed by atoms with Crippen molar-refractivity contribution in [2.45, 2.75) is 43.6 Å². The number of nitrogens with zero attached hydrogens (tertiary/aromatic N) is 5. The highest BCUT2D eigenvalue weighted by atomic mass is 32.2. The fraction of sp³-hybridized carbons (Fsp3) is 0.273. The maximum Gasteiger partial charge on any atom is 0.262 e. The van der Waals surface area contributed by atoms with E-state index in [2.05, 4.69) is 22.1 Å². The van der Waals surface area contributed by atoms with E-state index in [1.54, 1.807) is 22.2 Å². The molecule has 158 valence electrons. The number of rotatable bonds is 8. The zero-order valence-corrected chi connectivity index (χ0v) is 18.7. The van der Waals surface area contributed by atoms with Crippen molar-refractivity contribution in [1.82, 2.24) is 24.1 Å². The molecule has 4 heterocycles. The molecule has 0 saturated heterocycles. The third-order valence-electron chi connectivity index (χ3n) is 5.10. The topological polar surface area (TPSA) is 78.2 Å². The largest absolute Gasteiger partial charge is 0.444 e. The van der Waals surface area contributed by atoms with Crippen LogP contribution in [0.3, 0.4) is 0 Å². The standard InChI is InChI=1S/C22H21N5O2S2/c1-2-3-6-11-26-20(28)16-8-4-5-9-17(16)27-21(26)24-25-22(27)31-14-15-13-29-19(23-15)18-10-7-12-30-18/h4-5,7-10,12-13H,2-3,6,11,14H2,1H3. The minimum Gasteiger partial charge on any atom is -0.444 e. The smallest absolute Gasteiger partial charge is 0.262 e. The summed E-state index contributed by atoms with van der Waals surface area (Å²) in [6.07, 6.45) is 4.78. The summed E-state index contributed by atoms with van der Waals surface area (Å²) in [5.74, 6) is 1.81. The number of aromatic nitrogens is 5. The normalized spacial score (nSPS) is 11.6. The van der Waals surface area contributed by atoms with Crippen LogP contribution < -0.4 is 5.56 Å². The second-order valence-corrected chi connectivity index (χ2v) is 9.10. The molecule has 0 amide bonds. The quantitative estimate of drug-likeness (QED) is 0.237. The van der Waals surface area contributed by atoms with E-state index in [9.17, 15) is 4.79 Å². The number of para-hydroxylation sites is 1. The van der Waals surface area contributed by atoms with Gasteiger partial charge in [-0.2, -0.15) is 0 Å². The van der Waals surface area contributed by atoms with Gasteiger partial charge < -0.3 is 4.42 Å². The Morgan fingerprint density at radius 3 is 2.87 bits per heavy atom. The van der Waals surface area contributed by atoms with Crippen molar-refractivity contribution in [2.75, 3.05) is 0 Å². The molecule has 7 nitrogen and oxygen atoms in total. The van der Waals surface area contributed by atoms with Crippen molar-refractivity contribution >= 4 is 39.8 Å². The summed E-state index contributed by atoms with van der Waals surface area (Å²) in [5, 5.41) is 12.2. The molecular weight excluding hydrogens is 430 g/mol. The first-order valence-electron chi connectivity index (χ1n) is 10.2. The van der Waals surface area contributed by atoms with Crippen LogP contribution in [0.1, 0.15) is 31.9 Å². The van der Waals surface area contributed by atoms with Gasteiger partial charge in [0.05, 0.1) is 21.5 Å². The third-order valence-corrected chi connectivity index (χ3v) is 6.92. The lowest BCUT2D eigenvalue weighted by molar-refractivity contribution is 0.575. The van der Waals surface area contributed by atoms with Crippen LogP contribution >= 0.6 is 23.1 Å².